The molecule has 1 atom stereocenters. The van der Waals surface area contributed by atoms with Crippen LogP contribution in [0.15, 0.2) is 42.6 Å². The molecule has 2 amide bonds. The molecular formula is C21H25N3O4. The standard InChI is InChI=1S/C21H25N3O4/c1-14(2)28-17-7-5-16(6-8-17)24-20(25)15-9-10-22-19(12-15)21(26)23-13-18-4-3-11-27-18/h5-10,12,14,18H,3-4,11,13H2,1-2H3,(H,23,26)(H,24,25). The first-order chi connectivity index (χ1) is 13.5. The number of nitrogens with one attached hydrogen (secondary N) is 2. The van der Waals surface area contributed by atoms with Crippen LogP contribution in [0, 0.1) is 0 Å². The summed E-state index contributed by atoms with van der Waals surface area (Å²) in [6.45, 7) is 5.09. The molecule has 1 unspecified atom stereocenters. The number of carbonyl (C=O) groups is 2. The molecule has 0 saturated carbocycles. The Hall–Kier alpha value is -2.93. The lowest BCUT2D eigenvalue weighted by Crippen LogP contribution is -2.32. The Labute approximate surface area is 164 Å². The van der Waals surface area contributed by atoms with Crippen LogP contribution >= 0.6 is 0 Å². The molecule has 1 aromatic heterocycles. The first kappa shape index (κ1) is 19.8. The number of benzene rings is 1. The summed E-state index contributed by atoms with van der Waals surface area (Å²) in [7, 11) is 0. The summed E-state index contributed by atoms with van der Waals surface area (Å²) in [4.78, 5) is 28.8. The molecule has 0 bridgehead atoms. The second-order valence-electron chi connectivity index (χ2n) is 6.92. The van der Waals surface area contributed by atoms with Gasteiger partial charge in [-0.05, 0) is 63.1 Å². The number of ether oxygens (including phenoxy) is 2. The maximum Gasteiger partial charge on any atom is 0.269 e. The van der Waals surface area contributed by atoms with Crippen LogP contribution in [0.4, 0.5) is 5.69 Å². The zero-order chi connectivity index (χ0) is 19.9. The zero-order valence-electron chi connectivity index (χ0n) is 16.1. The van der Waals surface area contributed by atoms with E-state index < -0.39 is 0 Å². The van der Waals surface area contributed by atoms with E-state index in [1.54, 1.807) is 30.3 Å². The molecule has 1 saturated heterocycles. The lowest BCUT2D eigenvalue weighted by atomic mass is 10.2. The number of amides is 2. The summed E-state index contributed by atoms with van der Waals surface area (Å²) in [6, 6.07) is 10.2. The van der Waals surface area contributed by atoms with Gasteiger partial charge in [0.05, 0.1) is 12.2 Å². The molecule has 1 aromatic carbocycles. The van der Waals surface area contributed by atoms with E-state index in [0.717, 1.165) is 25.2 Å². The molecule has 1 aliphatic heterocycles. The fourth-order valence-corrected chi connectivity index (χ4v) is 2.89. The van der Waals surface area contributed by atoms with Gasteiger partial charge in [0.25, 0.3) is 11.8 Å². The summed E-state index contributed by atoms with van der Waals surface area (Å²) >= 11 is 0. The van der Waals surface area contributed by atoms with Crippen molar-refractivity contribution in [3.05, 3.63) is 53.9 Å². The van der Waals surface area contributed by atoms with Crippen LogP contribution in [0.2, 0.25) is 0 Å². The minimum Gasteiger partial charge on any atom is -0.491 e. The van der Waals surface area contributed by atoms with Crippen molar-refractivity contribution in [3.8, 4) is 5.75 Å². The predicted octanol–water partition coefficient (Wildman–Crippen LogP) is 3.03. The second kappa shape index (κ2) is 9.32. The highest BCUT2D eigenvalue weighted by Gasteiger charge is 2.18. The highest BCUT2D eigenvalue weighted by Crippen LogP contribution is 2.18. The topological polar surface area (TPSA) is 89.5 Å². The average Bonchev–Trinajstić information content (AvgIpc) is 3.21. The smallest absolute Gasteiger partial charge is 0.269 e. The largest absolute Gasteiger partial charge is 0.491 e. The van der Waals surface area contributed by atoms with E-state index in [0.29, 0.717) is 17.8 Å². The maximum atomic E-state index is 12.5. The molecule has 0 radical (unpaired) electrons. The SMILES string of the molecule is CC(C)Oc1ccc(NC(=O)c2ccnc(C(=O)NCC3CCCO3)c2)cc1. The van der Waals surface area contributed by atoms with Gasteiger partial charge in [-0.2, -0.15) is 0 Å². The van der Waals surface area contributed by atoms with Crippen LogP contribution in [0.3, 0.4) is 0 Å². The molecular weight excluding hydrogens is 358 g/mol. The normalized spacial score (nSPS) is 16.0. The van der Waals surface area contributed by atoms with Crippen molar-refractivity contribution in [1.29, 1.82) is 0 Å². The van der Waals surface area contributed by atoms with E-state index in [9.17, 15) is 9.59 Å². The molecule has 7 heteroatoms. The molecule has 1 fully saturated rings. The molecule has 3 rings (SSSR count). The molecule has 2 N–H and O–H groups in total. The molecule has 7 nitrogen and oxygen atoms in total. The Morgan fingerprint density at radius 1 is 1.21 bits per heavy atom. The van der Waals surface area contributed by atoms with Crippen molar-refractivity contribution in [3.63, 3.8) is 0 Å². The van der Waals surface area contributed by atoms with Gasteiger partial charge < -0.3 is 20.1 Å². The van der Waals surface area contributed by atoms with Gasteiger partial charge in [0.1, 0.15) is 11.4 Å². The van der Waals surface area contributed by atoms with Crippen molar-refractivity contribution in [2.75, 3.05) is 18.5 Å². The number of hydrogen-bond acceptors (Lipinski definition) is 5. The van der Waals surface area contributed by atoms with Crippen LogP contribution in [0.1, 0.15) is 47.5 Å². The number of pyridine rings is 1. The van der Waals surface area contributed by atoms with Crippen molar-refractivity contribution in [2.45, 2.75) is 38.9 Å². The quantitative estimate of drug-likeness (QED) is 0.767. The summed E-state index contributed by atoms with van der Waals surface area (Å²) in [5.74, 6) is 0.107. The lowest BCUT2D eigenvalue weighted by molar-refractivity contribution is 0.0853. The summed E-state index contributed by atoms with van der Waals surface area (Å²) < 4.78 is 11.1. The van der Waals surface area contributed by atoms with Gasteiger partial charge in [0.15, 0.2) is 0 Å². The van der Waals surface area contributed by atoms with E-state index in [-0.39, 0.29) is 29.7 Å². The highest BCUT2D eigenvalue weighted by atomic mass is 16.5. The monoisotopic (exact) mass is 383 g/mol. The number of carbonyl (C=O) groups excluding carboxylic acids is 2. The van der Waals surface area contributed by atoms with Crippen molar-refractivity contribution in [2.24, 2.45) is 0 Å². The van der Waals surface area contributed by atoms with Crippen LogP contribution < -0.4 is 15.4 Å². The van der Waals surface area contributed by atoms with Crippen LogP contribution in [-0.4, -0.2) is 42.2 Å². The molecule has 0 spiro atoms. The van der Waals surface area contributed by atoms with E-state index in [1.165, 1.54) is 12.3 Å². The number of aromatic nitrogens is 1. The van der Waals surface area contributed by atoms with Crippen LogP contribution in [0.25, 0.3) is 0 Å². The fraction of sp³-hybridized carbons (Fsp3) is 0.381. The number of anilines is 1. The summed E-state index contributed by atoms with van der Waals surface area (Å²) in [5.41, 5.74) is 1.20. The van der Waals surface area contributed by atoms with Gasteiger partial charge in [-0.1, -0.05) is 0 Å². The molecule has 28 heavy (non-hydrogen) atoms. The van der Waals surface area contributed by atoms with Gasteiger partial charge in [-0.25, -0.2) is 0 Å². The number of nitrogens with zero attached hydrogens (tertiary/aromatic N) is 1. The van der Waals surface area contributed by atoms with E-state index in [2.05, 4.69) is 15.6 Å². The molecule has 148 valence electrons. The first-order valence-corrected chi connectivity index (χ1v) is 9.45. The predicted molar refractivity (Wildman–Crippen MR) is 106 cm³/mol. The number of rotatable bonds is 7. The number of hydrogen-bond donors (Lipinski definition) is 2. The first-order valence-electron chi connectivity index (χ1n) is 9.45. The van der Waals surface area contributed by atoms with Crippen molar-refractivity contribution in [1.82, 2.24) is 10.3 Å². The summed E-state index contributed by atoms with van der Waals surface area (Å²) in [6.07, 6.45) is 3.55. The molecule has 1 aliphatic rings. The van der Waals surface area contributed by atoms with Gasteiger partial charge in [-0.15, -0.1) is 0 Å². The van der Waals surface area contributed by atoms with Crippen LogP contribution in [0.5, 0.6) is 5.75 Å². The average molecular weight is 383 g/mol. The van der Waals surface area contributed by atoms with Gasteiger partial charge in [0, 0.05) is 30.6 Å². The lowest BCUT2D eigenvalue weighted by Gasteiger charge is -2.11. The Balaban J connectivity index is 1.59. The maximum absolute atomic E-state index is 12.5. The Morgan fingerprint density at radius 3 is 2.68 bits per heavy atom. The third-order valence-corrected chi connectivity index (χ3v) is 4.25. The van der Waals surface area contributed by atoms with Gasteiger partial charge in [-0.3, -0.25) is 14.6 Å². The molecule has 0 aliphatic carbocycles. The minimum absolute atomic E-state index is 0.0538. The summed E-state index contributed by atoms with van der Waals surface area (Å²) in [5, 5.41) is 5.61. The van der Waals surface area contributed by atoms with Gasteiger partial charge in [0.2, 0.25) is 0 Å². The minimum atomic E-state index is -0.319. The Kier molecular flexibility index (Phi) is 6.60. The van der Waals surface area contributed by atoms with E-state index in [4.69, 9.17) is 9.47 Å². The van der Waals surface area contributed by atoms with Crippen molar-refractivity contribution >= 4 is 17.5 Å². The third kappa shape index (κ3) is 5.53. The Bertz CT molecular complexity index is 815. The third-order valence-electron chi connectivity index (χ3n) is 4.25. The molecule has 2 aromatic rings. The fourth-order valence-electron chi connectivity index (χ4n) is 2.89. The van der Waals surface area contributed by atoms with Crippen LogP contribution in [-0.2, 0) is 4.74 Å². The zero-order valence-corrected chi connectivity index (χ0v) is 16.1. The Morgan fingerprint density at radius 2 is 2.00 bits per heavy atom. The van der Waals surface area contributed by atoms with E-state index >= 15 is 0 Å². The van der Waals surface area contributed by atoms with Crippen molar-refractivity contribution < 1.29 is 19.1 Å². The molecule has 2 heterocycles. The van der Waals surface area contributed by atoms with Gasteiger partial charge >= 0.3 is 0 Å². The van der Waals surface area contributed by atoms with E-state index in [1.807, 2.05) is 13.8 Å². The second-order valence-corrected chi connectivity index (χ2v) is 6.92. The highest BCUT2D eigenvalue weighted by molar-refractivity contribution is 6.05.